The third-order valence-corrected chi connectivity index (χ3v) is 3.16. The molecule has 0 spiro atoms. The zero-order chi connectivity index (χ0) is 12.7. The number of hydrogen-bond acceptors (Lipinski definition) is 4. The number of carbonyl (C=O) groups is 1. The maximum atomic E-state index is 12.0. The lowest BCUT2D eigenvalue weighted by Crippen LogP contribution is -2.14. The number of rotatable bonds is 3. The smallest absolute Gasteiger partial charge is 0.229 e. The molecule has 1 amide bonds. The average molecular weight is 246 g/mol. The number of amides is 1. The van der Waals surface area contributed by atoms with Crippen molar-refractivity contribution in [3.63, 3.8) is 0 Å². The van der Waals surface area contributed by atoms with Crippen LogP contribution in [0.2, 0.25) is 0 Å². The Labute approximate surface area is 104 Å². The highest BCUT2D eigenvalue weighted by Gasteiger charge is 2.44. The first kappa shape index (κ1) is 11.0. The summed E-state index contributed by atoms with van der Waals surface area (Å²) in [7, 11) is 1.87. The molecule has 1 fully saturated rings. The minimum Gasteiger partial charge on any atom is -0.360 e. The Balaban J connectivity index is 1.62. The highest BCUT2D eigenvalue weighted by molar-refractivity contribution is 5.94. The number of carbonyl (C=O) groups excluding carboxylic acids is 1. The molecule has 18 heavy (non-hydrogen) atoms. The Bertz CT molecular complexity index is 586. The summed E-state index contributed by atoms with van der Waals surface area (Å²) in [5.74, 6) is 1.47. The lowest BCUT2D eigenvalue weighted by Gasteiger charge is -1.99. The van der Waals surface area contributed by atoms with Crippen LogP contribution in [0.5, 0.6) is 0 Å². The molecule has 0 aromatic carbocycles. The van der Waals surface area contributed by atoms with E-state index in [4.69, 9.17) is 4.52 Å². The predicted molar refractivity (Wildman–Crippen MR) is 63.9 cm³/mol. The maximum absolute atomic E-state index is 12.0. The van der Waals surface area contributed by atoms with Gasteiger partial charge in [-0.2, -0.15) is 5.10 Å². The molecule has 2 aromatic heterocycles. The van der Waals surface area contributed by atoms with Crippen LogP contribution >= 0.6 is 0 Å². The van der Waals surface area contributed by atoms with Crippen molar-refractivity contribution >= 4 is 11.7 Å². The summed E-state index contributed by atoms with van der Waals surface area (Å²) in [6.07, 6.45) is 4.64. The van der Waals surface area contributed by atoms with Crippen LogP contribution in [0.1, 0.15) is 23.7 Å². The van der Waals surface area contributed by atoms with Crippen molar-refractivity contribution in [1.82, 2.24) is 14.9 Å². The third kappa shape index (κ3) is 2.01. The standard InChI is InChI=1S/C12H14N4O2/c1-7-3-11(15-18-7)14-12(17)10-4-9(10)8-5-13-16(2)6-8/h3,5-6,9-10H,4H2,1-2H3,(H,14,15,17)/t9-,10+/m0/s1. The molecule has 94 valence electrons. The van der Waals surface area contributed by atoms with Crippen molar-refractivity contribution in [3.05, 3.63) is 29.8 Å². The second kappa shape index (κ2) is 3.97. The second-order valence-electron chi connectivity index (χ2n) is 4.71. The Morgan fingerprint density at radius 3 is 3.06 bits per heavy atom. The quantitative estimate of drug-likeness (QED) is 0.889. The Kier molecular flexibility index (Phi) is 2.43. The monoisotopic (exact) mass is 246 g/mol. The molecule has 1 saturated carbocycles. The SMILES string of the molecule is Cc1cc(NC(=O)[C@@H]2C[C@H]2c2cnn(C)c2)no1. The zero-order valence-corrected chi connectivity index (χ0v) is 10.3. The van der Waals surface area contributed by atoms with E-state index in [9.17, 15) is 4.79 Å². The molecule has 2 atom stereocenters. The average Bonchev–Trinajstić information content (AvgIpc) is 2.86. The van der Waals surface area contributed by atoms with E-state index in [2.05, 4.69) is 15.6 Å². The van der Waals surface area contributed by atoms with Gasteiger partial charge in [0, 0.05) is 25.2 Å². The minimum absolute atomic E-state index is 0.00264. The van der Waals surface area contributed by atoms with E-state index in [0.29, 0.717) is 11.6 Å². The van der Waals surface area contributed by atoms with Gasteiger partial charge in [-0.1, -0.05) is 5.16 Å². The molecule has 0 radical (unpaired) electrons. The molecule has 0 aliphatic heterocycles. The van der Waals surface area contributed by atoms with Crippen molar-refractivity contribution in [2.45, 2.75) is 19.3 Å². The van der Waals surface area contributed by atoms with E-state index in [1.807, 2.05) is 19.4 Å². The van der Waals surface area contributed by atoms with Crippen LogP contribution in [0.4, 0.5) is 5.82 Å². The van der Waals surface area contributed by atoms with Crippen LogP contribution in [0, 0.1) is 12.8 Å². The first-order valence-electron chi connectivity index (χ1n) is 5.86. The van der Waals surface area contributed by atoms with E-state index < -0.39 is 0 Å². The fraction of sp³-hybridized carbons (Fsp3) is 0.417. The van der Waals surface area contributed by atoms with Crippen LogP contribution in [0.25, 0.3) is 0 Å². The number of nitrogens with zero attached hydrogens (tertiary/aromatic N) is 3. The third-order valence-electron chi connectivity index (χ3n) is 3.16. The molecule has 1 aliphatic rings. The Morgan fingerprint density at radius 1 is 1.61 bits per heavy atom. The van der Waals surface area contributed by atoms with Crippen molar-refractivity contribution in [2.24, 2.45) is 13.0 Å². The molecule has 0 bridgehead atoms. The van der Waals surface area contributed by atoms with Gasteiger partial charge in [0.1, 0.15) is 5.76 Å². The molecular weight excluding hydrogens is 232 g/mol. The molecule has 0 saturated heterocycles. The molecule has 1 N–H and O–H groups in total. The predicted octanol–water partition coefficient (Wildman–Crippen LogP) is 1.46. The fourth-order valence-corrected chi connectivity index (χ4v) is 2.13. The highest BCUT2D eigenvalue weighted by Crippen LogP contribution is 2.47. The molecule has 3 rings (SSSR count). The van der Waals surface area contributed by atoms with Crippen LogP contribution in [0.3, 0.4) is 0 Å². The van der Waals surface area contributed by atoms with Gasteiger partial charge >= 0.3 is 0 Å². The topological polar surface area (TPSA) is 73.0 Å². The van der Waals surface area contributed by atoms with E-state index in [1.165, 1.54) is 0 Å². The van der Waals surface area contributed by atoms with Gasteiger partial charge in [-0.05, 0) is 24.8 Å². The first-order valence-corrected chi connectivity index (χ1v) is 5.86. The lowest BCUT2D eigenvalue weighted by molar-refractivity contribution is -0.117. The summed E-state index contributed by atoms with van der Waals surface area (Å²) < 4.78 is 6.66. The van der Waals surface area contributed by atoms with Gasteiger partial charge in [0.05, 0.1) is 6.20 Å². The molecule has 0 unspecified atom stereocenters. The van der Waals surface area contributed by atoms with Gasteiger partial charge in [-0.25, -0.2) is 0 Å². The molecule has 6 nitrogen and oxygen atoms in total. The van der Waals surface area contributed by atoms with E-state index in [1.54, 1.807) is 17.7 Å². The molecule has 1 aliphatic carbocycles. The van der Waals surface area contributed by atoms with Gasteiger partial charge in [0.2, 0.25) is 5.91 Å². The van der Waals surface area contributed by atoms with Crippen molar-refractivity contribution < 1.29 is 9.32 Å². The van der Waals surface area contributed by atoms with Crippen molar-refractivity contribution in [3.8, 4) is 0 Å². The van der Waals surface area contributed by atoms with Gasteiger partial charge in [-0.15, -0.1) is 0 Å². The second-order valence-corrected chi connectivity index (χ2v) is 4.71. The van der Waals surface area contributed by atoms with Crippen LogP contribution in [-0.2, 0) is 11.8 Å². The van der Waals surface area contributed by atoms with Gasteiger partial charge in [-0.3, -0.25) is 9.48 Å². The molecular formula is C12H14N4O2. The Hall–Kier alpha value is -2.11. The lowest BCUT2D eigenvalue weighted by atomic mass is 10.2. The van der Waals surface area contributed by atoms with Crippen LogP contribution in [0.15, 0.2) is 23.0 Å². The fourth-order valence-electron chi connectivity index (χ4n) is 2.13. The largest absolute Gasteiger partial charge is 0.360 e. The van der Waals surface area contributed by atoms with E-state index in [-0.39, 0.29) is 17.7 Å². The number of nitrogens with one attached hydrogen (secondary N) is 1. The summed E-state index contributed by atoms with van der Waals surface area (Å²) in [6.45, 7) is 1.79. The number of anilines is 1. The highest BCUT2D eigenvalue weighted by atomic mass is 16.5. The first-order chi connectivity index (χ1) is 8.63. The minimum atomic E-state index is -0.00264. The number of hydrogen-bond donors (Lipinski definition) is 1. The van der Waals surface area contributed by atoms with E-state index in [0.717, 1.165) is 12.0 Å². The van der Waals surface area contributed by atoms with Crippen LogP contribution < -0.4 is 5.32 Å². The normalized spacial score (nSPS) is 21.9. The number of aromatic nitrogens is 3. The zero-order valence-electron chi connectivity index (χ0n) is 10.3. The Morgan fingerprint density at radius 2 is 2.44 bits per heavy atom. The summed E-state index contributed by atoms with van der Waals surface area (Å²) in [5, 5.41) is 10.6. The molecule has 6 heteroatoms. The van der Waals surface area contributed by atoms with Crippen molar-refractivity contribution in [1.29, 1.82) is 0 Å². The van der Waals surface area contributed by atoms with Gasteiger partial charge in [0.25, 0.3) is 0 Å². The van der Waals surface area contributed by atoms with Gasteiger partial charge < -0.3 is 9.84 Å². The summed E-state index contributed by atoms with van der Waals surface area (Å²) in [5.41, 5.74) is 1.12. The van der Waals surface area contributed by atoms with Gasteiger partial charge in [0.15, 0.2) is 5.82 Å². The van der Waals surface area contributed by atoms with Crippen LogP contribution in [-0.4, -0.2) is 20.8 Å². The summed E-state index contributed by atoms with van der Waals surface area (Å²) >= 11 is 0. The van der Waals surface area contributed by atoms with Crippen molar-refractivity contribution in [2.75, 3.05) is 5.32 Å². The van der Waals surface area contributed by atoms with E-state index >= 15 is 0 Å². The number of aryl methyl sites for hydroxylation is 2. The molecule has 2 heterocycles. The summed E-state index contributed by atoms with van der Waals surface area (Å²) in [4.78, 5) is 12.0. The molecule has 2 aromatic rings. The maximum Gasteiger partial charge on any atom is 0.229 e. The summed E-state index contributed by atoms with van der Waals surface area (Å²) in [6, 6.07) is 1.71.